The van der Waals surface area contributed by atoms with Crippen LogP contribution in [0.15, 0.2) is 0 Å². The summed E-state index contributed by atoms with van der Waals surface area (Å²) in [4.78, 5) is 0. The molecule has 0 aromatic heterocycles. The van der Waals surface area contributed by atoms with Gasteiger partial charge in [-0.15, -0.1) is 6.10 Å². The fourth-order valence-electron chi connectivity index (χ4n) is 2.64. The lowest BCUT2D eigenvalue weighted by Crippen LogP contribution is -2.50. The smallest absolute Gasteiger partial charge is 0.0786 e. The van der Waals surface area contributed by atoms with Crippen LogP contribution in [0.1, 0.15) is 92.9 Å². The Labute approximate surface area is 135 Å². The number of unbranched alkanes of at least 4 members (excludes halogenated alkanes) is 4. The molecule has 0 fully saturated rings. The quantitative estimate of drug-likeness (QED) is 0.477. The predicted molar refractivity (Wildman–Crippen MR) is 94.5 cm³/mol. The van der Waals surface area contributed by atoms with Crippen LogP contribution in [0, 0.1) is 0 Å². The van der Waals surface area contributed by atoms with E-state index in [1.54, 1.807) is 13.8 Å². The van der Waals surface area contributed by atoms with Crippen molar-refractivity contribution in [1.29, 1.82) is 0 Å². The van der Waals surface area contributed by atoms with E-state index in [0.717, 1.165) is 0 Å². The second-order valence-corrected chi connectivity index (χ2v) is 6.70. The molecule has 0 unspecified atom stereocenters. The molecule has 0 amide bonds. The van der Waals surface area contributed by atoms with Crippen molar-refractivity contribution in [3.63, 3.8) is 0 Å². The Morgan fingerprint density at radius 3 is 0.952 bits per heavy atom. The molecular weight excluding hydrogens is 258 g/mol. The largest absolute Gasteiger partial charge is 0.852 e. The molecule has 130 valence electrons. The molecule has 2 heteroatoms. The number of quaternary nitrogens is 1. The van der Waals surface area contributed by atoms with Crippen molar-refractivity contribution in [2.45, 2.75) is 99.0 Å². The summed E-state index contributed by atoms with van der Waals surface area (Å²) in [6.45, 7) is 18.2. The molecule has 0 rings (SSSR count). The van der Waals surface area contributed by atoms with Gasteiger partial charge in [0, 0.05) is 0 Å². The van der Waals surface area contributed by atoms with Gasteiger partial charge in [0.2, 0.25) is 0 Å². The molecular formula is C19H43NO. The average Bonchev–Trinajstić information content (AvgIpc) is 2.45. The summed E-state index contributed by atoms with van der Waals surface area (Å²) in [6.07, 6.45) is 10.6. The van der Waals surface area contributed by atoms with Crippen LogP contribution in [-0.4, -0.2) is 36.8 Å². The molecule has 0 radical (unpaired) electrons. The van der Waals surface area contributed by atoms with Crippen molar-refractivity contribution in [2.75, 3.05) is 26.2 Å². The van der Waals surface area contributed by atoms with Crippen LogP contribution in [0.2, 0.25) is 0 Å². The third-order valence-corrected chi connectivity index (χ3v) is 3.94. The van der Waals surface area contributed by atoms with Gasteiger partial charge < -0.3 is 9.59 Å². The van der Waals surface area contributed by atoms with E-state index >= 15 is 0 Å². The molecule has 21 heavy (non-hydrogen) atoms. The molecule has 0 aliphatic heterocycles. The fourth-order valence-corrected chi connectivity index (χ4v) is 2.64. The van der Waals surface area contributed by atoms with Crippen LogP contribution in [-0.2, 0) is 0 Å². The van der Waals surface area contributed by atoms with Gasteiger partial charge in [-0.05, 0) is 25.7 Å². The van der Waals surface area contributed by atoms with Crippen molar-refractivity contribution in [3.8, 4) is 0 Å². The Morgan fingerprint density at radius 1 is 0.619 bits per heavy atom. The molecule has 0 N–H and O–H groups in total. The molecule has 0 aliphatic carbocycles. The van der Waals surface area contributed by atoms with Gasteiger partial charge >= 0.3 is 0 Å². The highest BCUT2D eigenvalue weighted by molar-refractivity contribution is 4.49. The summed E-state index contributed by atoms with van der Waals surface area (Å²) < 4.78 is 1.42. The van der Waals surface area contributed by atoms with Crippen LogP contribution in [0.5, 0.6) is 0 Å². The molecule has 0 aromatic rings. The van der Waals surface area contributed by atoms with Gasteiger partial charge in [0.05, 0.1) is 26.2 Å². The highest BCUT2D eigenvalue weighted by Crippen LogP contribution is 2.16. The second-order valence-electron chi connectivity index (χ2n) is 6.70. The minimum atomic E-state index is -0.417. The molecule has 0 atom stereocenters. The van der Waals surface area contributed by atoms with Gasteiger partial charge in [0.15, 0.2) is 0 Å². The van der Waals surface area contributed by atoms with E-state index in [4.69, 9.17) is 0 Å². The van der Waals surface area contributed by atoms with Crippen LogP contribution in [0.3, 0.4) is 0 Å². The number of nitrogens with zero attached hydrogens (tertiary/aromatic N) is 1. The molecule has 0 heterocycles. The van der Waals surface area contributed by atoms with Gasteiger partial charge in [-0.1, -0.05) is 67.2 Å². The van der Waals surface area contributed by atoms with E-state index in [0.29, 0.717) is 0 Å². The first-order valence-corrected chi connectivity index (χ1v) is 9.48. The van der Waals surface area contributed by atoms with Crippen molar-refractivity contribution < 1.29 is 9.59 Å². The lowest BCUT2D eigenvalue weighted by Gasteiger charge is -2.39. The third-order valence-electron chi connectivity index (χ3n) is 3.94. The van der Waals surface area contributed by atoms with E-state index in [1.165, 1.54) is 82.0 Å². The zero-order valence-corrected chi connectivity index (χ0v) is 15.9. The lowest BCUT2D eigenvalue weighted by atomic mass is 10.1. The monoisotopic (exact) mass is 301 g/mol. The van der Waals surface area contributed by atoms with Gasteiger partial charge in [-0.25, -0.2) is 0 Å². The predicted octanol–water partition coefficient (Wildman–Crippen LogP) is 4.76. The Morgan fingerprint density at radius 2 is 0.810 bits per heavy atom. The second kappa shape index (κ2) is 16.3. The number of hydrogen-bond acceptors (Lipinski definition) is 1. The van der Waals surface area contributed by atoms with Gasteiger partial charge in [-0.2, -0.15) is 0 Å². The topological polar surface area (TPSA) is 23.1 Å². The number of rotatable bonds is 12. The highest BCUT2D eigenvalue weighted by Gasteiger charge is 2.24. The first-order chi connectivity index (χ1) is 9.97. The van der Waals surface area contributed by atoms with Gasteiger partial charge in [0.1, 0.15) is 0 Å². The van der Waals surface area contributed by atoms with E-state index in [2.05, 4.69) is 27.7 Å². The molecule has 0 spiro atoms. The van der Waals surface area contributed by atoms with E-state index in [9.17, 15) is 5.11 Å². The Bertz CT molecular complexity index is 152. The molecule has 0 bridgehead atoms. The standard InChI is InChI=1S/C16H36N.C3H7O/c1-5-9-13-17(14-10-6-2,15-11-7-3)16-12-8-4;1-3(2)4/h5-16H2,1-4H3;3H,1-2H3/q+1;-1. The lowest BCUT2D eigenvalue weighted by molar-refractivity contribution is -0.929. The highest BCUT2D eigenvalue weighted by atomic mass is 16.3. The van der Waals surface area contributed by atoms with Crippen LogP contribution in [0.25, 0.3) is 0 Å². The molecule has 0 saturated carbocycles. The Balaban J connectivity index is 0. The summed E-state index contributed by atoms with van der Waals surface area (Å²) in [5.41, 5.74) is 0. The molecule has 0 aliphatic rings. The van der Waals surface area contributed by atoms with Crippen molar-refractivity contribution in [1.82, 2.24) is 0 Å². The van der Waals surface area contributed by atoms with Crippen LogP contribution in [0.4, 0.5) is 0 Å². The van der Waals surface area contributed by atoms with Gasteiger partial charge in [-0.3, -0.25) is 0 Å². The van der Waals surface area contributed by atoms with Gasteiger partial charge in [0.25, 0.3) is 0 Å². The zero-order chi connectivity index (χ0) is 16.6. The van der Waals surface area contributed by atoms with E-state index in [1.807, 2.05) is 0 Å². The minimum Gasteiger partial charge on any atom is -0.852 e. The third kappa shape index (κ3) is 16.1. The summed E-state index contributed by atoms with van der Waals surface area (Å²) in [5.74, 6) is 0. The minimum absolute atomic E-state index is 0.417. The SMILES string of the molecule is CC(C)[O-].CCCC[N+](CCCC)(CCCC)CCCC. The summed E-state index contributed by atoms with van der Waals surface area (Å²) >= 11 is 0. The summed E-state index contributed by atoms with van der Waals surface area (Å²) in [7, 11) is 0. The van der Waals surface area contributed by atoms with E-state index in [-0.39, 0.29) is 0 Å². The summed E-state index contributed by atoms with van der Waals surface area (Å²) in [6, 6.07) is 0. The van der Waals surface area contributed by atoms with Crippen LogP contribution >= 0.6 is 0 Å². The first kappa shape index (κ1) is 23.2. The zero-order valence-electron chi connectivity index (χ0n) is 15.9. The van der Waals surface area contributed by atoms with Crippen molar-refractivity contribution in [2.24, 2.45) is 0 Å². The first-order valence-electron chi connectivity index (χ1n) is 9.48. The Hall–Kier alpha value is -0.0800. The maximum absolute atomic E-state index is 9.53. The van der Waals surface area contributed by atoms with E-state index < -0.39 is 6.10 Å². The fraction of sp³-hybridized carbons (Fsp3) is 1.00. The number of hydrogen-bond donors (Lipinski definition) is 0. The molecule has 0 aromatic carbocycles. The Kier molecular flexibility index (Phi) is 18.0. The van der Waals surface area contributed by atoms with Crippen LogP contribution < -0.4 is 5.11 Å². The summed E-state index contributed by atoms with van der Waals surface area (Å²) in [5, 5.41) is 9.53. The maximum atomic E-state index is 9.53. The van der Waals surface area contributed by atoms with Crippen molar-refractivity contribution in [3.05, 3.63) is 0 Å². The average molecular weight is 302 g/mol. The maximum Gasteiger partial charge on any atom is 0.0786 e. The molecule has 2 nitrogen and oxygen atoms in total. The molecule has 0 saturated heterocycles. The normalized spacial score (nSPS) is 11.4. The van der Waals surface area contributed by atoms with Crippen molar-refractivity contribution >= 4 is 0 Å².